The van der Waals surface area contributed by atoms with Crippen molar-refractivity contribution < 1.29 is 24.9 Å². The van der Waals surface area contributed by atoms with E-state index in [-0.39, 0.29) is 6.61 Å². The Morgan fingerprint density at radius 1 is 1.16 bits per heavy atom. The average Bonchev–Trinajstić information content (AvgIpc) is 2.37. The Morgan fingerprint density at radius 3 is 2.26 bits per heavy atom. The van der Waals surface area contributed by atoms with Gasteiger partial charge in [-0.1, -0.05) is 30.3 Å². The zero-order valence-electron chi connectivity index (χ0n) is 10.3. The van der Waals surface area contributed by atoms with Crippen LogP contribution in [0.4, 0.5) is 0 Å². The van der Waals surface area contributed by atoms with E-state index in [9.17, 15) is 9.59 Å². The number of carboxylic acid groups (broad SMARTS) is 2. The fourth-order valence-electron chi connectivity index (χ4n) is 1.80. The third kappa shape index (κ3) is 5.07. The quantitative estimate of drug-likeness (QED) is 0.550. The molecular formula is C13H17NO5. The van der Waals surface area contributed by atoms with E-state index in [1.807, 2.05) is 6.07 Å². The van der Waals surface area contributed by atoms with E-state index in [2.05, 4.69) is 5.32 Å². The standard InChI is InChI=1S/C13H17NO5/c15-7-6-10(9-4-2-1-3-5-9)14-11(13(18)19)8-12(16)17/h1-5,10-11,14-15H,6-8H2,(H,16,17)(H,18,19)/t10?,11-/m0/s1. The second kappa shape index (κ2) is 7.50. The first kappa shape index (κ1) is 15.1. The molecule has 19 heavy (non-hydrogen) atoms. The Kier molecular flexibility index (Phi) is 5.98. The second-order valence-corrected chi connectivity index (χ2v) is 4.13. The van der Waals surface area contributed by atoms with E-state index >= 15 is 0 Å². The minimum Gasteiger partial charge on any atom is -0.481 e. The highest BCUT2D eigenvalue weighted by Gasteiger charge is 2.24. The summed E-state index contributed by atoms with van der Waals surface area (Å²) in [5.41, 5.74) is 0.813. The Hall–Kier alpha value is -1.92. The van der Waals surface area contributed by atoms with Crippen LogP contribution < -0.4 is 5.32 Å². The predicted octanol–water partition coefficient (Wildman–Crippen LogP) is 0.628. The van der Waals surface area contributed by atoms with Crippen molar-refractivity contribution in [3.05, 3.63) is 35.9 Å². The van der Waals surface area contributed by atoms with Crippen molar-refractivity contribution in [2.75, 3.05) is 6.61 Å². The topological polar surface area (TPSA) is 107 Å². The minimum atomic E-state index is -1.22. The molecule has 0 radical (unpaired) electrons. The molecule has 0 aliphatic rings. The first-order valence-electron chi connectivity index (χ1n) is 5.91. The molecule has 0 spiro atoms. The number of aliphatic hydroxyl groups is 1. The van der Waals surface area contributed by atoms with Crippen LogP contribution in [0.2, 0.25) is 0 Å². The number of hydrogen-bond acceptors (Lipinski definition) is 4. The zero-order chi connectivity index (χ0) is 14.3. The average molecular weight is 267 g/mol. The van der Waals surface area contributed by atoms with Crippen molar-refractivity contribution in [1.82, 2.24) is 5.32 Å². The molecule has 1 rings (SSSR count). The highest BCUT2D eigenvalue weighted by Crippen LogP contribution is 2.17. The lowest BCUT2D eigenvalue weighted by Gasteiger charge is -2.22. The summed E-state index contributed by atoms with van der Waals surface area (Å²) in [7, 11) is 0. The number of nitrogens with one attached hydrogen (secondary N) is 1. The Morgan fingerprint density at radius 2 is 1.79 bits per heavy atom. The van der Waals surface area contributed by atoms with Crippen LogP contribution in [0, 0.1) is 0 Å². The van der Waals surface area contributed by atoms with Gasteiger partial charge in [0.2, 0.25) is 0 Å². The van der Waals surface area contributed by atoms with E-state index < -0.39 is 30.4 Å². The molecule has 0 bridgehead atoms. The highest BCUT2D eigenvalue weighted by atomic mass is 16.4. The van der Waals surface area contributed by atoms with Crippen molar-refractivity contribution in [2.24, 2.45) is 0 Å². The van der Waals surface area contributed by atoms with Gasteiger partial charge in [0, 0.05) is 12.6 Å². The molecule has 1 aromatic rings. The third-order valence-electron chi connectivity index (χ3n) is 2.70. The summed E-state index contributed by atoms with van der Waals surface area (Å²) in [4.78, 5) is 21.7. The van der Waals surface area contributed by atoms with E-state index in [4.69, 9.17) is 15.3 Å². The molecule has 2 atom stereocenters. The molecule has 104 valence electrons. The summed E-state index contributed by atoms with van der Waals surface area (Å²) in [5.74, 6) is -2.41. The maximum absolute atomic E-state index is 11.0. The van der Waals surface area contributed by atoms with Gasteiger partial charge in [-0.3, -0.25) is 14.9 Å². The molecule has 0 saturated heterocycles. The fraction of sp³-hybridized carbons (Fsp3) is 0.385. The van der Waals surface area contributed by atoms with Gasteiger partial charge in [0.15, 0.2) is 0 Å². The van der Waals surface area contributed by atoms with Crippen molar-refractivity contribution in [2.45, 2.75) is 24.9 Å². The Bertz CT molecular complexity index is 420. The van der Waals surface area contributed by atoms with E-state index in [1.54, 1.807) is 24.3 Å². The Balaban J connectivity index is 2.81. The molecule has 0 fully saturated rings. The lowest BCUT2D eigenvalue weighted by Crippen LogP contribution is -2.41. The summed E-state index contributed by atoms with van der Waals surface area (Å²) in [6.07, 6.45) is -0.197. The SMILES string of the molecule is O=C(O)C[C@H](NC(CCO)c1ccccc1)C(=O)O. The van der Waals surface area contributed by atoms with Crippen LogP contribution in [-0.4, -0.2) is 39.9 Å². The third-order valence-corrected chi connectivity index (χ3v) is 2.70. The van der Waals surface area contributed by atoms with Gasteiger partial charge in [-0.2, -0.15) is 0 Å². The largest absolute Gasteiger partial charge is 0.481 e. The summed E-state index contributed by atoms with van der Waals surface area (Å²) in [5, 5.41) is 29.5. The number of carboxylic acids is 2. The summed E-state index contributed by atoms with van der Waals surface area (Å²) in [6.45, 7) is -0.119. The normalized spacial score (nSPS) is 13.7. The molecule has 0 aliphatic carbocycles. The van der Waals surface area contributed by atoms with Crippen molar-refractivity contribution >= 4 is 11.9 Å². The van der Waals surface area contributed by atoms with Gasteiger partial charge in [0.05, 0.1) is 6.42 Å². The van der Waals surface area contributed by atoms with Crippen LogP contribution >= 0.6 is 0 Å². The fourth-order valence-corrected chi connectivity index (χ4v) is 1.80. The number of hydrogen-bond donors (Lipinski definition) is 4. The monoisotopic (exact) mass is 267 g/mol. The summed E-state index contributed by atoms with van der Waals surface area (Å²) in [6, 6.07) is 7.44. The van der Waals surface area contributed by atoms with Crippen LogP contribution in [0.1, 0.15) is 24.4 Å². The molecule has 0 amide bonds. The molecule has 0 aliphatic heterocycles. The van der Waals surface area contributed by atoms with Gasteiger partial charge in [-0.25, -0.2) is 0 Å². The second-order valence-electron chi connectivity index (χ2n) is 4.13. The van der Waals surface area contributed by atoms with Gasteiger partial charge in [-0.15, -0.1) is 0 Å². The van der Waals surface area contributed by atoms with Crippen LogP contribution in [-0.2, 0) is 9.59 Å². The molecule has 6 heteroatoms. The van der Waals surface area contributed by atoms with Gasteiger partial charge in [0.1, 0.15) is 6.04 Å². The molecule has 6 nitrogen and oxygen atoms in total. The number of aliphatic carboxylic acids is 2. The molecular weight excluding hydrogens is 250 g/mol. The summed E-state index contributed by atoms with van der Waals surface area (Å²) < 4.78 is 0. The predicted molar refractivity (Wildman–Crippen MR) is 67.7 cm³/mol. The van der Waals surface area contributed by atoms with Crippen molar-refractivity contribution in [1.29, 1.82) is 0 Å². The van der Waals surface area contributed by atoms with Gasteiger partial charge in [0.25, 0.3) is 0 Å². The molecule has 1 aromatic carbocycles. The van der Waals surface area contributed by atoms with Crippen LogP contribution in [0.5, 0.6) is 0 Å². The van der Waals surface area contributed by atoms with Crippen LogP contribution in [0.3, 0.4) is 0 Å². The van der Waals surface area contributed by atoms with Gasteiger partial charge >= 0.3 is 11.9 Å². The number of aliphatic hydroxyl groups excluding tert-OH is 1. The highest BCUT2D eigenvalue weighted by molar-refractivity contribution is 5.80. The van der Waals surface area contributed by atoms with E-state index in [0.29, 0.717) is 6.42 Å². The molecule has 4 N–H and O–H groups in total. The van der Waals surface area contributed by atoms with Crippen LogP contribution in [0.15, 0.2) is 30.3 Å². The number of carbonyl (C=O) groups is 2. The molecule has 1 unspecified atom stereocenters. The van der Waals surface area contributed by atoms with Gasteiger partial charge < -0.3 is 15.3 Å². The van der Waals surface area contributed by atoms with E-state index in [0.717, 1.165) is 5.56 Å². The van der Waals surface area contributed by atoms with Crippen LogP contribution in [0.25, 0.3) is 0 Å². The lowest BCUT2D eigenvalue weighted by atomic mass is 10.0. The molecule has 0 aromatic heterocycles. The smallest absolute Gasteiger partial charge is 0.321 e. The van der Waals surface area contributed by atoms with Gasteiger partial charge in [-0.05, 0) is 12.0 Å². The molecule has 0 saturated carbocycles. The van der Waals surface area contributed by atoms with E-state index in [1.165, 1.54) is 0 Å². The maximum atomic E-state index is 11.0. The first-order chi connectivity index (χ1) is 9.04. The van der Waals surface area contributed by atoms with Crippen molar-refractivity contribution in [3.8, 4) is 0 Å². The Labute approximate surface area is 110 Å². The lowest BCUT2D eigenvalue weighted by molar-refractivity contribution is -0.146. The number of rotatable bonds is 8. The first-order valence-corrected chi connectivity index (χ1v) is 5.91. The summed E-state index contributed by atoms with van der Waals surface area (Å²) >= 11 is 0. The number of benzene rings is 1. The molecule has 0 heterocycles. The maximum Gasteiger partial charge on any atom is 0.321 e. The minimum absolute atomic E-state index is 0.119. The zero-order valence-corrected chi connectivity index (χ0v) is 10.3. The van der Waals surface area contributed by atoms with Crippen molar-refractivity contribution in [3.63, 3.8) is 0 Å².